The van der Waals surface area contributed by atoms with E-state index in [-0.39, 0.29) is 22.9 Å². The first-order chi connectivity index (χ1) is 10.9. The number of nitrogen functional groups attached to an aromatic ring is 1. The molecule has 2 heterocycles. The molecule has 1 aromatic heterocycles. The third kappa shape index (κ3) is 2.35. The van der Waals surface area contributed by atoms with E-state index in [4.69, 9.17) is 5.73 Å². The van der Waals surface area contributed by atoms with E-state index in [0.717, 1.165) is 10.6 Å². The molecular formula is C15H12N4O4. The maximum absolute atomic E-state index is 12.2. The number of nitrogens with zero attached hydrogens (tertiary/aromatic N) is 1. The number of anilines is 2. The van der Waals surface area contributed by atoms with Gasteiger partial charge < -0.3 is 11.1 Å². The first kappa shape index (κ1) is 14.5. The lowest BCUT2D eigenvalue weighted by atomic mass is 10.1. The number of carbonyl (C=O) groups is 3. The molecule has 0 saturated heterocycles. The Morgan fingerprint density at radius 1 is 1.13 bits per heavy atom. The second-order valence-corrected chi connectivity index (χ2v) is 5.00. The van der Waals surface area contributed by atoms with E-state index in [1.807, 2.05) is 0 Å². The number of carbonyl (C=O) groups excluding carboxylic acids is 3. The normalized spacial score (nSPS) is 12.7. The Bertz CT molecular complexity index is 912. The monoisotopic (exact) mass is 312 g/mol. The Balaban J connectivity index is 2.13. The second kappa shape index (κ2) is 5.09. The maximum Gasteiger partial charge on any atom is 0.262 e. The summed E-state index contributed by atoms with van der Waals surface area (Å²) >= 11 is 0. The summed E-state index contributed by atoms with van der Waals surface area (Å²) in [6.45, 7) is 1.38. The van der Waals surface area contributed by atoms with Crippen molar-refractivity contribution in [2.24, 2.45) is 0 Å². The van der Waals surface area contributed by atoms with Gasteiger partial charge in [0.15, 0.2) is 0 Å². The van der Waals surface area contributed by atoms with E-state index in [1.54, 1.807) is 24.3 Å². The number of imide groups is 1. The molecule has 116 valence electrons. The van der Waals surface area contributed by atoms with Crippen LogP contribution in [-0.2, 0) is 4.79 Å². The quantitative estimate of drug-likeness (QED) is 0.686. The predicted octanol–water partition coefficient (Wildman–Crippen LogP) is 0.262. The standard InChI is InChI=1S/C15H12N4O4/c1-7(20)17-8-2-4-9(5-3-8)19-11(21)6-10-12(13(19)16)15(23)18-14(10)22/h2-6H,16H2,1H3,(H,17,20)(H,18,22,23). The minimum Gasteiger partial charge on any atom is -0.384 e. The molecule has 0 unspecified atom stereocenters. The Labute approximate surface area is 129 Å². The Morgan fingerprint density at radius 2 is 1.78 bits per heavy atom. The molecule has 23 heavy (non-hydrogen) atoms. The molecule has 8 heteroatoms. The summed E-state index contributed by atoms with van der Waals surface area (Å²) in [6.07, 6.45) is 0. The zero-order valence-electron chi connectivity index (χ0n) is 12.0. The summed E-state index contributed by atoms with van der Waals surface area (Å²) in [4.78, 5) is 46.6. The van der Waals surface area contributed by atoms with Crippen LogP contribution < -0.4 is 21.9 Å². The van der Waals surface area contributed by atoms with Crippen LogP contribution in [0.15, 0.2) is 35.1 Å². The lowest BCUT2D eigenvalue weighted by molar-refractivity contribution is -0.114. The molecule has 0 radical (unpaired) electrons. The first-order valence-corrected chi connectivity index (χ1v) is 6.67. The largest absolute Gasteiger partial charge is 0.384 e. The van der Waals surface area contributed by atoms with E-state index in [2.05, 4.69) is 10.6 Å². The van der Waals surface area contributed by atoms with Gasteiger partial charge in [-0.1, -0.05) is 0 Å². The van der Waals surface area contributed by atoms with Crippen molar-refractivity contribution in [3.8, 4) is 5.69 Å². The molecule has 0 bridgehead atoms. The van der Waals surface area contributed by atoms with Crippen molar-refractivity contribution in [2.75, 3.05) is 11.1 Å². The van der Waals surface area contributed by atoms with Crippen molar-refractivity contribution in [3.63, 3.8) is 0 Å². The first-order valence-electron chi connectivity index (χ1n) is 6.67. The molecule has 0 saturated carbocycles. The van der Waals surface area contributed by atoms with Gasteiger partial charge in [0.25, 0.3) is 17.4 Å². The van der Waals surface area contributed by atoms with Gasteiger partial charge in [-0.25, -0.2) is 0 Å². The average molecular weight is 312 g/mol. The highest BCUT2D eigenvalue weighted by Crippen LogP contribution is 2.23. The van der Waals surface area contributed by atoms with Crippen LogP contribution in [0.1, 0.15) is 27.6 Å². The molecule has 1 aliphatic heterocycles. The maximum atomic E-state index is 12.2. The molecule has 0 aliphatic carbocycles. The summed E-state index contributed by atoms with van der Waals surface area (Å²) in [5.41, 5.74) is 6.32. The average Bonchev–Trinajstić information content (AvgIpc) is 2.75. The molecule has 3 rings (SSSR count). The summed E-state index contributed by atoms with van der Waals surface area (Å²) in [6, 6.07) is 7.42. The van der Waals surface area contributed by atoms with Crippen LogP contribution in [0.25, 0.3) is 5.69 Å². The fourth-order valence-electron chi connectivity index (χ4n) is 2.44. The highest BCUT2D eigenvalue weighted by Gasteiger charge is 2.31. The molecule has 0 atom stereocenters. The molecule has 1 aliphatic rings. The number of fused-ring (bicyclic) bond motifs is 1. The molecule has 0 spiro atoms. The number of hydrogen-bond acceptors (Lipinski definition) is 5. The fraction of sp³-hybridized carbons (Fsp3) is 0.0667. The van der Waals surface area contributed by atoms with Gasteiger partial charge in [-0.15, -0.1) is 0 Å². The van der Waals surface area contributed by atoms with Crippen LogP contribution in [-0.4, -0.2) is 22.3 Å². The van der Waals surface area contributed by atoms with Crippen molar-refractivity contribution < 1.29 is 14.4 Å². The van der Waals surface area contributed by atoms with Crippen molar-refractivity contribution in [2.45, 2.75) is 6.92 Å². The highest BCUT2D eigenvalue weighted by atomic mass is 16.2. The van der Waals surface area contributed by atoms with E-state index in [0.29, 0.717) is 11.4 Å². The smallest absolute Gasteiger partial charge is 0.262 e. The molecule has 3 amide bonds. The summed E-state index contributed by atoms with van der Waals surface area (Å²) in [7, 11) is 0. The van der Waals surface area contributed by atoms with Crippen LogP contribution >= 0.6 is 0 Å². The van der Waals surface area contributed by atoms with Crippen molar-refractivity contribution in [1.82, 2.24) is 9.88 Å². The van der Waals surface area contributed by atoms with Crippen LogP contribution in [0.5, 0.6) is 0 Å². The SMILES string of the molecule is CC(=O)Nc1ccc(-n2c(N)c3c(cc2=O)C(=O)NC3=O)cc1. The number of nitrogens with one attached hydrogen (secondary N) is 2. The van der Waals surface area contributed by atoms with E-state index in [1.165, 1.54) is 6.92 Å². The number of hydrogen-bond donors (Lipinski definition) is 3. The Kier molecular flexibility index (Phi) is 3.21. The highest BCUT2D eigenvalue weighted by molar-refractivity contribution is 6.23. The summed E-state index contributed by atoms with van der Waals surface area (Å²) in [5.74, 6) is -1.60. The zero-order valence-corrected chi connectivity index (χ0v) is 12.0. The Morgan fingerprint density at radius 3 is 2.39 bits per heavy atom. The second-order valence-electron chi connectivity index (χ2n) is 5.00. The molecule has 1 aromatic carbocycles. The molecule has 2 aromatic rings. The van der Waals surface area contributed by atoms with Gasteiger partial charge in [0.05, 0.1) is 16.8 Å². The van der Waals surface area contributed by atoms with Crippen LogP contribution in [0.4, 0.5) is 11.5 Å². The summed E-state index contributed by atoms with van der Waals surface area (Å²) < 4.78 is 1.13. The molecule has 8 nitrogen and oxygen atoms in total. The predicted molar refractivity (Wildman–Crippen MR) is 82.6 cm³/mol. The van der Waals surface area contributed by atoms with Crippen LogP contribution in [0.2, 0.25) is 0 Å². The number of amides is 3. The van der Waals surface area contributed by atoms with Gasteiger partial charge >= 0.3 is 0 Å². The van der Waals surface area contributed by atoms with Crippen molar-refractivity contribution in [3.05, 3.63) is 51.8 Å². The van der Waals surface area contributed by atoms with Crippen LogP contribution in [0.3, 0.4) is 0 Å². The van der Waals surface area contributed by atoms with E-state index in [9.17, 15) is 19.2 Å². The number of benzene rings is 1. The minimum absolute atomic E-state index is 0.0134. The zero-order chi connectivity index (χ0) is 16.7. The van der Waals surface area contributed by atoms with Gasteiger partial charge in [-0.05, 0) is 24.3 Å². The van der Waals surface area contributed by atoms with Crippen LogP contribution in [0, 0.1) is 0 Å². The van der Waals surface area contributed by atoms with Gasteiger partial charge in [0, 0.05) is 18.7 Å². The number of nitrogens with two attached hydrogens (primary N) is 1. The molecular weight excluding hydrogens is 300 g/mol. The van der Waals surface area contributed by atoms with Crippen molar-refractivity contribution in [1.29, 1.82) is 0 Å². The Hall–Kier alpha value is -3.42. The molecule has 4 N–H and O–H groups in total. The summed E-state index contributed by atoms with van der Waals surface area (Å²) in [5, 5.41) is 4.70. The van der Waals surface area contributed by atoms with E-state index >= 15 is 0 Å². The lowest BCUT2D eigenvalue weighted by Gasteiger charge is -2.12. The van der Waals surface area contributed by atoms with Crippen molar-refractivity contribution >= 4 is 29.2 Å². The van der Waals surface area contributed by atoms with Gasteiger partial charge in [0.2, 0.25) is 5.91 Å². The number of aromatic nitrogens is 1. The van der Waals surface area contributed by atoms with Gasteiger partial charge in [-0.2, -0.15) is 0 Å². The van der Waals surface area contributed by atoms with Gasteiger partial charge in [-0.3, -0.25) is 29.1 Å². The van der Waals surface area contributed by atoms with E-state index < -0.39 is 17.4 Å². The topological polar surface area (TPSA) is 123 Å². The lowest BCUT2D eigenvalue weighted by Crippen LogP contribution is -2.24. The number of rotatable bonds is 2. The fourth-order valence-corrected chi connectivity index (χ4v) is 2.44. The number of pyridine rings is 1. The third-order valence-corrected chi connectivity index (χ3v) is 3.40. The minimum atomic E-state index is -0.637. The molecule has 0 fully saturated rings. The van der Waals surface area contributed by atoms with Gasteiger partial charge in [0.1, 0.15) is 5.82 Å². The third-order valence-electron chi connectivity index (χ3n) is 3.40.